The minimum Gasteiger partial charge on any atom is -0.406 e. The molecule has 0 aliphatic heterocycles. The number of alkyl halides is 18. The van der Waals surface area contributed by atoms with E-state index in [1.54, 1.807) is 0 Å². The third kappa shape index (κ3) is 25.1. The third-order valence-corrected chi connectivity index (χ3v) is 16.0. The van der Waals surface area contributed by atoms with E-state index in [2.05, 4.69) is 28.4 Å². The minimum atomic E-state index is -5.10. The molecule has 6 nitrogen and oxygen atoms in total. The molecule has 6 atom stereocenters. The Hall–Kier alpha value is -7.56. The van der Waals surface area contributed by atoms with Crippen molar-refractivity contribution in [3.8, 4) is 34.5 Å². The van der Waals surface area contributed by atoms with E-state index in [0.29, 0.717) is 80.0 Å². The molecule has 0 saturated carbocycles. The molecule has 102 heavy (non-hydrogen) atoms. The van der Waals surface area contributed by atoms with Crippen LogP contribution in [-0.2, 0) is 76.9 Å². The molecule has 12 rings (SSSR count). The van der Waals surface area contributed by atoms with E-state index in [1.807, 2.05) is 20.8 Å². The zero-order valence-corrected chi connectivity index (χ0v) is 54.4. The fourth-order valence-electron chi connectivity index (χ4n) is 11.4. The smallest absolute Gasteiger partial charge is 0.406 e. The van der Waals surface area contributed by atoms with Crippen LogP contribution < -0.4 is 28.4 Å². The predicted octanol–water partition coefficient (Wildman–Crippen LogP) is 23.1. The van der Waals surface area contributed by atoms with Gasteiger partial charge >= 0.3 is 38.2 Å². The van der Waals surface area contributed by atoms with Gasteiger partial charge in [0.2, 0.25) is 5.75 Å². The second kappa shape index (κ2) is 33.5. The third-order valence-electron chi connectivity index (χ3n) is 16.0. The molecule has 0 bridgehead atoms. The Kier molecular flexibility index (Phi) is 21.4. The Balaban J connectivity index is 0.000000190. The van der Waals surface area contributed by atoms with E-state index >= 15 is 0 Å². The lowest BCUT2D eigenvalue weighted by atomic mass is 9.84. The lowest BCUT2D eigenvalue weighted by molar-refractivity contribution is -0.277. The molecule has 6 unspecified atom stereocenters. The highest BCUT2D eigenvalue weighted by Gasteiger charge is 2.39. The van der Waals surface area contributed by atoms with Gasteiger partial charge in [-0.3, -0.25) is 0 Å². The van der Waals surface area contributed by atoms with Crippen molar-refractivity contribution in [1.82, 2.24) is 0 Å². The quantitative estimate of drug-likeness (QED) is 0.155. The van der Waals surface area contributed by atoms with Crippen molar-refractivity contribution >= 4 is 0 Å². The molecular formula is C72H72F24O6. The number of aryl methyl sites for hydroxylation is 3. The lowest BCUT2D eigenvalue weighted by Crippen LogP contribution is -2.21. The predicted molar refractivity (Wildman–Crippen MR) is 326 cm³/mol. The zero-order valence-electron chi connectivity index (χ0n) is 66.4. The summed E-state index contributed by atoms with van der Waals surface area (Å²) in [6.45, 7) is 10.2. The first kappa shape index (κ1) is 65.2. The average Bonchev–Trinajstić information content (AvgIpc) is 0.741. The van der Waals surface area contributed by atoms with Crippen LogP contribution in [0.5, 0.6) is 34.5 Å². The van der Waals surface area contributed by atoms with Crippen molar-refractivity contribution in [2.75, 3.05) is 0 Å². The second-order valence-electron chi connectivity index (χ2n) is 24.4. The van der Waals surface area contributed by atoms with E-state index in [-0.39, 0.29) is 52.1 Å². The van der Waals surface area contributed by atoms with Crippen LogP contribution in [0.2, 0.25) is 0 Å². The molecule has 0 aromatic heterocycles. The van der Waals surface area contributed by atoms with Crippen molar-refractivity contribution in [2.45, 2.75) is 195 Å². The monoisotopic (exact) mass is 1500 g/mol. The van der Waals surface area contributed by atoms with Crippen molar-refractivity contribution in [3.63, 3.8) is 0 Å². The Morgan fingerprint density at radius 1 is 0.294 bits per heavy atom. The standard InChI is InChI=1S/C12H11F5O.4C12H12F4O.C12H13F3O/c1-6-2-3-8-7(4-6)5-9(13)11(10(8)14)18-12(15,16)17;2*1-7-2-4-9-8(6-7)3-5-10(11(9)13)17-12(14,15)16;2*1-7-2-3-8-6-11(17-12(14,15)16)10(13)5-9(8)4-7;1-8-2-3-10-7-11(16-12(13,14)15)5-4-9(10)6-8/h5-6H,2-4H2,1H3;2*3,5,7H,2,4,6H2,1H3;2*5-7H,2-4H2,1H3;4-5,7-8H,2-3,6H2,1H3/i;2D2,6D2;;2D2,4D2;;2D2,6D2. The highest BCUT2D eigenvalue weighted by Crippen LogP contribution is 2.41. The summed E-state index contributed by atoms with van der Waals surface area (Å²) in [5, 5.41) is 0. The van der Waals surface area contributed by atoms with Crippen LogP contribution >= 0.6 is 0 Å². The molecule has 6 aromatic rings. The Bertz CT molecular complexity index is 4370. The first-order valence-corrected chi connectivity index (χ1v) is 31.1. The normalized spacial score (nSPS) is 24.6. The van der Waals surface area contributed by atoms with Crippen LogP contribution in [0.1, 0.15) is 163 Å². The molecule has 0 N–H and O–H groups in total. The molecule has 6 aliphatic carbocycles. The Morgan fingerprint density at radius 3 is 1.14 bits per heavy atom. The van der Waals surface area contributed by atoms with Gasteiger partial charge in [0.05, 0.1) is 0 Å². The van der Waals surface area contributed by atoms with E-state index < -0.39 is 176 Å². The van der Waals surface area contributed by atoms with Gasteiger partial charge in [0.1, 0.15) is 5.75 Å². The van der Waals surface area contributed by atoms with Crippen LogP contribution in [0.25, 0.3) is 0 Å². The topological polar surface area (TPSA) is 55.4 Å². The maximum atomic E-state index is 14.1. The first-order valence-electron chi connectivity index (χ1n) is 37.1. The molecule has 0 heterocycles. The van der Waals surface area contributed by atoms with Crippen molar-refractivity contribution < 1.29 is 150 Å². The molecule has 0 saturated heterocycles. The van der Waals surface area contributed by atoms with Crippen LogP contribution in [0, 0.1) is 70.4 Å². The number of fused-ring (bicyclic) bond motifs is 6. The van der Waals surface area contributed by atoms with E-state index in [0.717, 1.165) is 72.0 Å². The summed E-state index contributed by atoms with van der Waals surface area (Å²) in [6.07, 6.45) is -37.2. The van der Waals surface area contributed by atoms with E-state index in [4.69, 9.17) is 16.4 Å². The zero-order chi connectivity index (χ0) is 86.5. The first-order chi connectivity index (χ1) is 51.6. The number of hydrogen-bond acceptors (Lipinski definition) is 6. The molecule has 0 spiro atoms. The largest absolute Gasteiger partial charge is 0.573 e. The van der Waals surface area contributed by atoms with E-state index in [9.17, 15) is 105 Å². The summed E-state index contributed by atoms with van der Waals surface area (Å²) in [4.78, 5) is 0. The van der Waals surface area contributed by atoms with Gasteiger partial charge in [-0.15, -0.1) is 79.0 Å². The van der Waals surface area contributed by atoms with Gasteiger partial charge in [0, 0.05) is 16.4 Å². The lowest BCUT2D eigenvalue weighted by Gasteiger charge is -2.23. The summed E-state index contributed by atoms with van der Waals surface area (Å²) in [5.74, 6) is -14.4. The van der Waals surface area contributed by atoms with Crippen LogP contribution in [0.3, 0.4) is 0 Å². The number of benzene rings is 6. The van der Waals surface area contributed by atoms with Gasteiger partial charge in [-0.05, 0) is 272 Å². The Labute approximate surface area is 588 Å². The molecule has 0 amide bonds. The van der Waals surface area contributed by atoms with Gasteiger partial charge < -0.3 is 28.4 Å². The second-order valence-corrected chi connectivity index (χ2v) is 24.4. The van der Waals surface area contributed by atoms with Crippen molar-refractivity contribution in [3.05, 3.63) is 174 Å². The van der Waals surface area contributed by atoms with Crippen LogP contribution in [0.4, 0.5) is 105 Å². The number of halogens is 24. The van der Waals surface area contributed by atoms with Gasteiger partial charge in [-0.1, -0.05) is 59.7 Å². The summed E-state index contributed by atoms with van der Waals surface area (Å²) in [6, 6.07) is 12.3. The molecule has 0 fully saturated rings. The van der Waals surface area contributed by atoms with Gasteiger partial charge in [-0.25, -0.2) is 26.3 Å². The maximum absolute atomic E-state index is 14.1. The van der Waals surface area contributed by atoms with Gasteiger partial charge in [0.25, 0.3) is 0 Å². The molecule has 6 aliphatic rings. The highest BCUT2D eigenvalue weighted by atomic mass is 19.4. The summed E-state index contributed by atoms with van der Waals surface area (Å²) >= 11 is 0. The van der Waals surface area contributed by atoms with Gasteiger partial charge in [0.15, 0.2) is 57.9 Å². The average molecular weight is 1500 g/mol. The number of ether oxygens (including phenoxy) is 6. The van der Waals surface area contributed by atoms with Crippen molar-refractivity contribution in [1.29, 1.82) is 0 Å². The maximum Gasteiger partial charge on any atom is 0.573 e. The fourth-order valence-corrected chi connectivity index (χ4v) is 11.4. The van der Waals surface area contributed by atoms with E-state index in [1.165, 1.54) is 39.0 Å². The molecule has 564 valence electrons. The molecule has 6 aromatic carbocycles. The summed E-state index contributed by atoms with van der Waals surface area (Å²) in [5.41, 5.74) is 2.96. The summed E-state index contributed by atoms with van der Waals surface area (Å²) in [7, 11) is 0. The molecule has 0 radical (unpaired) electrons. The van der Waals surface area contributed by atoms with Crippen molar-refractivity contribution in [2.24, 2.45) is 35.5 Å². The van der Waals surface area contributed by atoms with Gasteiger partial charge in [-0.2, -0.15) is 0 Å². The minimum absolute atomic E-state index is 0.0243. The summed E-state index contributed by atoms with van der Waals surface area (Å²) < 4.78 is 416. The van der Waals surface area contributed by atoms with Crippen LogP contribution in [-0.4, -0.2) is 38.2 Å². The number of rotatable bonds is 6. The van der Waals surface area contributed by atoms with Crippen LogP contribution in [0.15, 0.2) is 72.8 Å². The highest BCUT2D eigenvalue weighted by molar-refractivity contribution is 5.44. The number of hydrogen-bond donors (Lipinski definition) is 0. The molecule has 30 heteroatoms. The Morgan fingerprint density at radius 2 is 0.647 bits per heavy atom. The SMILES string of the molecule is CC1CCc2c(cc(F)c(OC(F)(F)F)c2F)C1.CC1CCc2c(ccc(OC(F)(F)F)c2F)C1.CC1CCc2cc(OC(F)(F)F)c(F)cc2C1.[2H]C1([2H])Cc2c(ccc(OC(F)(F)F)c2F)C([2H])([2H])C1C.[2H]C1([2H])Cc2cc(OC(F)(F)F)c(F)cc2C([2H])([2H])C1C.[2H]C1([2H])Cc2cc(OC(F)(F)F)ccc2C([2H])([2H])C1C. The fraction of sp³-hybridized carbons (Fsp3) is 0.500. The molecular weight excluding hydrogens is 1420 g/mol.